The molecule has 156 valence electrons. The van der Waals surface area contributed by atoms with Gasteiger partial charge in [0.15, 0.2) is 0 Å². The van der Waals surface area contributed by atoms with E-state index in [-0.39, 0.29) is 12.0 Å². The second-order valence-corrected chi connectivity index (χ2v) is 7.78. The average Bonchev–Trinajstić information content (AvgIpc) is 2.71. The lowest BCUT2D eigenvalue weighted by molar-refractivity contribution is -0.122. The number of hydrogen-bond acceptors (Lipinski definition) is 5. The molecule has 2 heterocycles. The lowest BCUT2D eigenvalue weighted by Crippen LogP contribution is -2.49. The maximum absolute atomic E-state index is 12.3. The molecular weight excluding hydrogens is 364 g/mol. The number of hydrogen-bond donors (Lipinski definition) is 1. The molecule has 0 aliphatic carbocycles. The van der Waals surface area contributed by atoms with Crippen LogP contribution < -0.4 is 10.1 Å². The molecule has 6 heteroatoms. The van der Waals surface area contributed by atoms with Gasteiger partial charge in [-0.25, -0.2) is 0 Å². The smallest absolute Gasteiger partial charge is 0.234 e. The number of nitrogens with zero attached hydrogens (tertiary/aromatic N) is 3. The van der Waals surface area contributed by atoms with Crippen LogP contribution in [0.3, 0.4) is 0 Å². The number of carbonyl (C=O) groups excluding carboxylic acids is 1. The monoisotopic (exact) mass is 396 g/mol. The van der Waals surface area contributed by atoms with E-state index in [1.807, 2.05) is 44.3 Å². The van der Waals surface area contributed by atoms with Gasteiger partial charge in [0.2, 0.25) is 5.91 Å². The Morgan fingerprint density at radius 1 is 1.07 bits per heavy atom. The van der Waals surface area contributed by atoms with Gasteiger partial charge in [-0.2, -0.15) is 0 Å². The van der Waals surface area contributed by atoms with Crippen molar-refractivity contribution in [1.82, 2.24) is 20.1 Å². The van der Waals surface area contributed by atoms with Gasteiger partial charge in [-0.1, -0.05) is 18.2 Å². The van der Waals surface area contributed by atoms with Crippen LogP contribution in [0.5, 0.6) is 5.75 Å². The fraction of sp³-hybridized carbons (Fsp3) is 0.478. The van der Waals surface area contributed by atoms with Crippen molar-refractivity contribution in [2.75, 3.05) is 39.3 Å². The van der Waals surface area contributed by atoms with Gasteiger partial charge in [-0.05, 0) is 50.1 Å². The predicted octanol–water partition coefficient (Wildman–Crippen LogP) is 2.35. The van der Waals surface area contributed by atoms with Crippen LogP contribution in [0, 0.1) is 0 Å². The molecule has 6 nitrogen and oxygen atoms in total. The van der Waals surface area contributed by atoms with Gasteiger partial charge in [0.05, 0.1) is 18.3 Å². The first-order valence-corrected chi connectivity index (χ1v) is 10.5. The van der Waals surface area contributed by atoms with E-state index >= 15 is 0 Å². The van der Waals surface area contributed by atoms with Gasteiger partial charge in [0.25, 0.3) is 0 Å². The highest BCUT2D eigenvalue weighted by atomic mass is 16.5. The largest absolute Gasteiger partial charge is 0.491 e. The average molecular weight is 397 g/mol. The van der Waals surface area contributed by atoms with Crippen molar-refractivity contribution in [2.45, 2.75) is 32.9 Å². The maximum atomic E-state index is 12.3. The second-order valence-electron chi connectivity index (χ2n) is 7.78. The zero-order valence-corrected chi connectivity index (χ0v) is 17.5. The Labute approximate surface area is 173 Å². The lowest BCUT2D eigenvalue weighted by Gasteiger charge is -2.34. The molecule has 1 aliphatic rings. The minimum absolute atomic E-state index is 0.0999. The van der Waals surface area contributed by atoms with Crippen molar-refractivity contribution in [3.63, 3.8) is 0 Å². The summed E-state index contributed by atoms with van der Waals surface area (Å²) in [6.07, 6.45) is 2.84. The van der Waals surface area contributed by atoms with E-state index in [0.29, 0.717) is 13.1 Å². The van der Waals surface area contributed by atoms with Gasteiger partial charge in [-0.15, -0.1) is 0 Å². The predicted molar refractivity (Wildman–Crippen MR) is 115 cm³/mol. The van der Waals surface area contributed by atoms with Crippen LogP contribution in [0.15, 0.2) is 48.7 Å². The fourth-order valence-electron chi connectivity index (χ4n) is 3.44. The Morgan fingerprint density at radius 3 is 2.45 bits per heavy atom. The van der Waals surface area contributed by atoms with Crippen molar-refractivity contribution < 1.29 is 9.53 Å². The van der Waals surface area contributed by atoms with E-state index in [9.17, 15) is 4.79 Å². The highest BCUT2D eigenvalue weighted by Crippen LogP contribution is 2.14. The van der Waals surface area contributed by atoms with Crippen LogP contribution in [0.2, 0.25) is 0 Å². The van der Waals surface area contributed by atoms with Crippen molar-refractivity contribution in [1.29, 1.82) is 0 Å². The zero-order chi connectivity index (χ0) is 20.5. The number of piperazine rings is 1. The first-order valence-electron chi connectivity index (χ1n) is 10.5. The molecule has 3 rings (SSSR count). The van der Waals surface area contributed by atoms with Crippen molar-refractivity contribution in [3.8, 4) is 5.75 Å². The van der Waals surface area contributed by atoms with Crippen LogP contribution in [0.4, 0.5) is 0 Å². The number of benzene rings is 1. The number of ether oxygens (including phenoxy) is 1. The first kappa shape index (κ1) is 21.3. The molecule has 1 fully saturated rings. The fourth-order valence-corrected chi connectivity index (χ4v) is 3.44. The van der Waals surface area contributed by atoms with E-state index in [2.05, 4.69) is 38.3 Å². The van der Waals surface area contributed by atoms with E-state index in [4.69, 9.17) is 4.74 Å². The molecule has 1 N–H and O–H groups in total. The number of nitrogens with one attached hydrogen (secondary N) is 1. The summed E-state index contributed by atoms with van der Waals surface area (Å²) in [6, 6.07) is 14.1. The normalized spacial score (nSPS) is 15.4. The lowest BCUT2D eigenvalue weighted by atomic mass is 10.1. The Hall–Kier alpha value is -2.44. The molecule has 0 radical (unpaired) electrons. The number of rotatable bonds is 9. The highest BCUT2D eigenvalue weighted by Gasteiger charge is 2.19. The van der Waals surface area contributed by atoms with E-state index in [1.165, 1.54) is 5.56 Å². The van der Waals surface area contributed by atoms with Crippen molar-refractivity contribution in [3.05, 3.63) is 59.9 Å². The van der Waals surface area contributed by atoms with Crippen LogP contribution in [-0.4, -0.2) is 66.1 Å². The molecule has 0 spiro atoms. The summed E-state index contributed by atoms with van der Waals surface area (Å²) in [5.41, 5.74) is 2.30. The van der Waals surface area contributed by atoms with Gasteiger partial charge in [0, 0.05) is 45.5 Å². The minimum atomic E-state index is 0.0999. The standard InChI is InChI=1S/C23H32N4O2/c1-19(2)29-22-8-6-20(7-9-22)10-12-25-23(28)18-27-15-13-26(14-16-27)17-21-5-3-4-11-24-21/h3-9,11,19H,10,12-18H2,1-2H3,(H,25,28). The Morgan fingerprint density at radius 2 is 1.79 bits per heavy atom. The molecule has 1 saturated heterocycles. The summed E-state index contributed by atoms with van der Waals surface area (Å²) in [7, 11) is 0. The van der Waals surface area contributed by atoms with E-state index in [0.717, 1.165) is 50.6 Å². The first-order chi connectivity index (χ1) is 14.1. The van der Waals surface area contributed by atoms with Gasteiger partial charge < -0.3 is 10.1 Å². The maximum Gasteiger partial charge on any atom is 0.234 e. The summed E-state index contributed by atoms with van der Waals surface area (Å²) in [5, 5.41) is 3.04. The summed E-state index contributed by atoms with van der Waals surface area (Å²) in [4.78, 5) is 21.3. The molecule has 29 heavy (non-hydrogen) atoms. The third-order valence-corrected chi connectivity index (χ3v) is 4.97. The topological polar surface area (TPSA) is 57.7 Å². The molecule has 0 unspecified atom stereocenters. The molecule has 0 saturated carbocycles. The Balaban J connectivity index is 1.31. The molecule has 1 amide bonds. The Bertz CT molecular complexity index is 741. The van der Waals surface area contributed by atoms with Crippen LogP contribution >= 0.6 is 0 Å². The van der Waals surface area contributed by atoms with Crippen molar-refractivity contribution in [2.24, 2.45) is 0 Å². The molecule has 0 atom stereocenters. The molecular formula is C23H32N4O2. The summed E-state index contributed by atoms with van der Waals surface area (Å²) < 4.78 is 5.66. The SMILES string of the molecule is CC(C)Oc1ccc(CCNC(=O)CN2CCN(Cc3ccccn3)CC2)cc1. The van der Waals surface area contributed by atoms with Crippen LogP contribution in [-0.2, 0) is 17.8 Å². The molecule has 1 aliphatic heterocycles. The van der Waals surface area contributed by atoms with E-state index in [1.54, 1.807) is 0 Å². The van der Waals surface area contributed by atoms with Gasteiger partial charge in [-0.3, -0.25) is 19.6 Å². The number of carbonyl (C=O) groups is 1. The van der Waals surface area contributed by atoms with E-state index < -0.39 is 0 Å². The molecule has 1 aromatic carbocycles. The molecule has 0 bridgehead atoms. The number of pyridine rings is 1. The third kappa shape index (κ3) is 7.48. The summed E-state index contributed by atoms with van der Waals surface area (Å²) >= 11 is 0. The molecule has 1 aromatic heterocycles. The summed E-state index contributed by atoms with van der Waals surface area (Å²) in [6.45, 7) is 9.80. The van der Waals surface area contributed by atoms with Gasteiger partial charge in [0.1, 0.15) is 5.75 Å². The third-order valence-electron chi connectivity index (χ3n) is 4.97. The molecule has 2 aromatic rings. The minimum Gasteiger partial charge on any atom is -0.491 e. The zero-order valence-electron chi connectivity index (χ0n) is 17.5. The second kappa shape index (κ2) is 10.9. The van der Waals surface area contributed by atoms with Crippen LogP contribution in [0.25, 0.3) is 0 Å². The summed E-state index contributed by atoms with van der Waals surface area (Å²) in [5.74, 6) is 0.984. The number of aromatic nitrogens is 1. The van der Waals surface area contributed by atoms with Crippen molar-refractivity contribution >= 4 is 5.91 Å². The quantitative estimate of drug-likeness (QED) is 0.705. The number of amides is 1. The van der Waals surface area contributed by atoms with Gasteiger partial charge >= 0.3 is 0 Å². The Kier molecular flexibility index (Phi) is 8.02. The highest BCUT2D eigenvalue weighted by molar-refractivity contribution is 5.78. The van der Waals surface area contributed by atoms with Crippen LogP contribution in [0.1, 0.15) is 25.1 Å².